The normalized spacial score (nSPS) is 17.0. The Morgan fingerprint density at radius 3 is 2.53 bits per heavy atom. The van der Waals surface area contributed by atoms with Crippen molar-refractivity contribution in [3.63, 3.8) is 0 Å². The van der Waals surface area contributed by atoms with E-state index in [4.69, 9.17) is 15.9 Å². The number of amides is 3. The monoisotopic (exact) mass is 501 g/mol. The molecule has 1 saturated heterocycles. The van der Waals surface area contributed by atoms with Gasteiger partial charge in [-0.1, -0.05) is 30.3 Å². The highest BCUT2D eigenvalue weighted by molar-refractivity contribution is 5.92. The molecule has 1 aromatic rings. The number of guanidine groups is 1. The van der Waals surface area contributed by atoms with Crippen LogP contribution in [-0.2, 0) is 25.5 Å². The fourth-order valence-electron chi connectivity index (χ4n) is 3.96. The predicted octanol–water partition coefficient (Wildman–Crippen LogP) is 0.971. The van der Waals surface area contributed by atoms with Crippen LogP contribution in [0.2, 0.25) is 0 Å². The van der Waals surface area contributed by atoms with E-state index in [1.54, 1.807) is 20.8 Å². The Morgan fingerprint density at radius 1 is 1.22 bits per heavy atom. The van der Waals surface area contributed by atoms with Gasteiger partial charge in [0, 0.05) is 19.5 Å². The quantitative estimate of drug-likeness (QED) is 0.171. The first kappa shape index (κ1) is 28.6. The largest absolute Gasteiger partial charge is 0.444 e. The Bertz CT molecular complexity index is 917. The van der Waals surface area contributed by atoms with E-state index in [1.165, 1.54) is 4.90 Å². The molecule has 0 aromatic heterocycles. The molecule has 1 radical (unpaired) electrons. The molecule has 2 unspecified atom stereocenters. The first-order valence-electron chi connectivity index (χ1n) is 12.1. The number of nitrogens with zero attached hydrogens (tertiary/aromatic N) is 1. The Morgan fingerprint density at radius 2 is 1.92 bits per heavy atom. The van der Waals surface area contributed by atoms with Crippen LogP contribution in [0.1, 0.15) is 52.0 Å². The Hall–Kier alpha value is -3.63. The van der Waals surface area contributed by atoms with Crippen LogP contribution >= 0.6 is 0 Å². The molecule has 2 rings (SSSR count). The number of hydrogen-bond acceptors (Lipinski definition) is 6. The van der Waals surface area contributed by atoms with Gasteiger partial charge in [-0.3, -0.25) is 19.8 Å². The van der Waals surface area contributed by atoms with Crippen molar-refractivity contribution in [2.45, 2.75) is 76.6 Å². The van der Waals surface area contributed by atoms with Gasteiger partial charge in [-0.15, -0.1) is 0 Å². The molecule has 0 spiro atoms. The number of alkyl carbamates (subject to hydrolysis) is 1. The molecule has 3 atom stereocenters. The van der Waals surface area contributed by atoms with Crippen LogP contribution in [0, 0.1) is 5.41 Å². The summed E-state index contributed by atoms with van der Waals surface area (Å²) in [5.74, 6) is -1.00. The number of likely N-dealkylation sites (tertiary alicyclic amines) is 1. The lowest BCUT2D eigenvalue weighted by atomic mass is 10.0. The van der Waals surface area contributed by atoms with Crippen molar-refractivity contribution in [3.8, 4) is 0 Å². The van der Waals surface area contributed by atoms with Crippen LogP contribution in [0.25, 0.3) is 0 Å². The summed E-state index contributed by atoms with van der Waals surface area (Å²) in [6, 6.07) is 6.73. The number of hydrogen-bond donors (Lipinski definition) is 5. The first-order valence-corrected chi connectivity index (χ1v) is 12.1. The van der Waals surface area contributed by atoms with Gasteiger partial charge >= 0.3 is 6.09 Å². The minimum Gasteiger partial charge on any atom is -0.444 e. The van der Waals surface area contributed by atoms with Crippen molar-refractivity contribution in [3.05, 3.63) is 35.9 Å². The second kappa shape index (κ2) is 13.5. The van der Waals surface area contributed by atoms with Crippen LogP contribution in [-0.4, -0.2) is 71.9 Å². The van der Waals surface area contributed by atoms with Gasteiger partial charge in [0.15, 0.2) is 5.96 Å². The summed E-state index contributed by atoms with van der Waals surface area (Å²) in [6.45, 7) is 5.94. The maximum atomic E-state index is 13.6. The molecule has 0 bridgehead atoms. The Kier molecular flexibility index (Phi) is 10.7. The summed E-state index contributed by atoms with van der Waals surface area (Å²) in [7, 11) is 0. The fourth-order valence-corrected chi connectivity index (χ4v) is 3.96. The average Bonchev–Trinajstić information content (AvgIpc) is 3.29. The van der Waals surface area contributed by atoms with Gasteiger partial charge in [0.1, 0.15) is 17.7 Å². The van der Waals surface area contributed by atoms with E-state index < -0.39 is 35.7 Å². The molecule has 11 nitrogen and oxygen atoms in total. The molecule has 1 aromatic carbocycles. The minimum atomic E-state index is -0.929. The fraction of sp³-hybridized carbons (Fsp3) is 0.560. The van der Waals surface area contributed by atoms with Crippen molar-refractivity contribution in [1.82, 2.24) is 20.9 Å². The van der Waals surface area contributed by atoms with E-state index >= 15 is 0 Å². The number of rotatable bonds is 11. The molecule has 1 heterocycles. The zero-order chi connectivity index (χ0) is 26.7. The summed E-state index contributed by atoms with van der Waals surface area (Å²) in [5, 5.41) is 15.1. The van der Waals surface area contributed by atoms with Gasteiger partial charge in [0.2, 0.25) is 18.1 Å². The summed E-state index contributed by atoms with van der Waals surface area (Å²) in [4.78, 5) is 51.9. The van der Waals surface area contributed by atoms with Gasteiger partial charge < -0.3 is 31.3 Å². The van der Waals surface area contributed by atoms with E-state index in [2.05, 4.69) is 16.0 Å². The molecule has 1 aliphatic heterocycles. The maximum absolute atomic E-state index is 13.6. The lowest BCUT2D eigenvalue weighted by molar-refractivity contribution is -0.140. The van der Waals surface area contributed by atoms with E-state index in [0.29, 0.717) is 38.8 Å². The topological polar surface area (TPSA) is 167 Å². The summed E-state index contributed by atoms with van der Waals surface area (Å²) in [5.41, 5.74) is 5.35. The molecular weight excluding hydrogens is 464 g/mol. The highest BCUT2D eigenvalue weighted by atomic mass is 16.6. The molecule has 11 heteroatoms. The lowest BCUT2D eigenvalue weighted by Crippen LogP contribution is -2.55. The van der Waals surface area contributed by atoms with Crippen LogP contribution < -0.4 is 21.7 Å². The van der Waals surface area contributed by atoms with E-state index in [-0.39, 0.29) is 18.3 Å². The van der Waals surface area contributed by atoms with Crippen molar-refractivity contribution in [2.24, 2.45) is 5.73 Å². The Balaban J connectivity index is 2.09. The maximum Gasteiger partial charge on any atom is 0.408 e. The predicted molar refractivity (Wildman–Crippen MR) is 135 cm³/mol. The zero-order valence-corrected chi connectivity index (χ0v) is 21.1. The average molecular weight is 502 g/mol. The molecule has 197 valence electrons. The van der Waals surface area contributed by atoms with Gasteiger partial charge in [-0.05, 0) is 52.0 Å². The van der Waals surface area contributed by atoms with Gasteiger partial charge in [0.05, 0.1) is 6.04 Å². The molecule has 0 aliphatic carbocycles. The molecule has 36 heavy (non-hydrogen) atoms. The van der Waals surface area contributed by atoms with Gasteiger partial charge in [-0.2, -0.15) is 0 Å². The highest BCUT2D eigenvalue weighted by Crippen LogP contribution is 2.20. The zero-order valence-electron chi connectivity index (χ0n) is 21.1. The number of nitrogens with one attached hydrogen (secondary N) is 4. The first-order chi connectivity index (χ1) is 17.0. The summed E-state index contributed by atoms with van der Waals surface area (Å²) < 4.78 is 5.35. The second-order valence-electron chi connectivity index (χ2n) is 9.74. The molecule has 1 fully saturated rings. The van der Waals surface area contributed by atoms with Crippen molar-refractivity contribution in [1.29, 1.82) is 5.41 Å². The van der Waals surface area contributed by atoms with E-state index in [1.807, 2.05) is 36.6 Å². The molecular formula is C25H37N6O5. The number of ether oxygens (including phenoxy) is 1. The standard InChI is InChI=1S/C25H37N6O5/c1-25(2,3)36-24(35)30-19(15-17-9-5-4-6-10-17)22(34)31-14-8-12-20(31)21(33)29-18(16-32)11-7-13-28-23(26)27/h4-6,9-10,18-20H,7-8,11-15H2,1-3H3,(H,29,33)(H,30,35)(H4,26,27,28)/t18?,19-,20?/m1/s1. The van der Waals surface area contributed by atoms with Gasteiger partial charge in [-0.25, -0.2) is 4.79 Å². The molecule has 0 saturated carbocycles. The number of nitrogens with two attached hydrogens (primary N) is 1. The summed E-state index contributed by atoms with van der Waals surface area (Å²) >= 11 is 0. The number of carbonyl (C=O) groups excluding carboxylic acids is 4. The minimum absolute atomic E-state index is 0.171. The lowest BCUT2D eigenvalue weighted by Gasteiger charge is -2.30. The van der Waals surface area contributed by atoms with E-state index in [0.717, 1.165) is 5.56 Å². The smallest absolute Gasteiger partial charge is 0.408 e. The van der Waals surface area contributed by atoms with Crippen molar-refractivity contribution < 1.29 is 23.9 Å². The number of carbonyl (C=O) groups is 3. The molecule has 3 amide bonds. The SMILES string of the molecule is CC(C)(C)OC(=O)N[C@H](Cc1ccccc1)C(=O)N1CCCC1C(=O)NC([C]=O)CCCNC(=N)N. The second-order valence-corrected chi connectivity index (χ2v) is 9.74. The van der Waals surface area contributed by atoms with E-state index in [9.17, 15) is 19.2 Å². The number of benzene rings is 1. The third-order valence-electron chi connectivity index (χ3n) is 5.55. The van der Waals surface area contributed by atoms with Crippen molar-refractivity contribution in [2.75, 3.05) is 13.1 Å². The van der Waals surface area contributed by atoms with Gasteiger partial charge in [0.25, 0.3) is 0 Å². The third kappa shape index (κ3) is 9.55. The van der Waals surface area contributed by atoms with Crippen LogP contribution in [0.4, 0.5) is 4.79 Å². The van der Waals surface area contributed by atoms with Crippen LogP contribution in [0.3, 0.4) is 0 Å². The Labute approximate surface area is 212 Å². The molecule has 1 aliphatic rings. The van der Waals surface area contributed by atoms with Crippen LogP contribution in [0.5, 0.6) is 0 Å². The third-order valence-corrected chi connectivity index (χ3v) is 5.55. The van der Waals surface area contributed by atoms with Crippen molar-refractivity contribution >= 4 is 30.2 Å². The van der Waals surface area contributed by atoms with Crippen LogP contribution in [0.15, 0.2) is 30.3 Å². The highest BCUT2D eigenvalue weighted by Gasteiger charge is 2.38. The molecule has 6 N–H and O–H groups in total. The summed E-state index contributed by atoms with van der Waals surface area (Å²) in [6.07, 6.45) is 3.20.